The summed E-state index contributed by atoms with van der Waals surface area (Å²) in [5.41, 5.74) is 2.14. The van der Waals surface area contributed by atoms with Crippen LogP contribution in [0.1, 0.15) is 47.0 Å². The molecule has 0 amide bonds. The van der Waals surface area contributed by atoms with Gasteiger partial charge in [-0.15, -0.1) is 21.5 Å². The number of thioether (sulfide) groups is 1. The molecule has 0 aliphatic heterocycles. The van der Waals surface area contributed by atoms with Gasteiger partial charge in [0, 0.05) is 4.88 Å². The Kier molecular flexibility index (Phi) is 6.78. The average Bonchev–Trinajstić information content (AvgIpc) is 3.28. The molecule has 0 spiro atoms. The third kappa shape index (κ3) is 4.51. The minimum absolute atomic E-state index is 0.0717. The van der Waals surface area contributed by atoms with Gasteiger partial charge in [0.05, 0.1) is 23.7 Å². The quantitative estimate of drug-likeness (QED) is 0.382. The molecule has 9 heteroatoms. The second-order valence-corrected chi connectivity index (χ2v) is 10.2. The number of H-pyrrole nitrogens is 1. The first kappa shape index (κ1) is 22.7. The van der Waals surface area contributed by atoms with Crippen LogP contribution in [0.15, 0.2) is 40.3 Å². The molecule has 32 heavy (non-hydrogen) atoms. The van der Waals surface area contributed by atoms with Crippen molar-refractivity contribution in [3.05, 3.63) is 68.3 Å². The third-order valence-corrected chi connectivity index (χ3v) is 7.74. The molecule has 0 aliphatic carbocycles. The summed E-state index contributed by atoms with van der Waals surface area (Å²) in [5, 5.41) is 10.6. The highest BCUT2D eigenvalue weighted by atomic mass is 32.2. The monoisotopic (exact) mass is 468 g/mol. The molecule has 0 bridgehead atoms. The zero-order valence-corrected chi connectivity index (χ0v) is 20.7. The van der Waals surface area contributed by atoms with Gasteiger partial charge in [0.1, 0.15) is 10.7 Å². The molecule has 1 unspecified atom stereocenters. The first-order chi connectivity index (χ1) is 15.4. The largest absolute Gasteiger partial charge is 0.309 e. The van der Waals surface area contributed by atoms with Crippen LogP contribution in [-0.2, 0) is 12.3 Å². The lowest BCUT2D eigenvalue weighted by atomic mass is 10.2. The van der Waals surface area contributed by atoms with Gasteiger partial charge >= 0.3 is 0 Å². The lowest BCUT2D eigenvalue weighted by molar-refractivity contribution is 0.272. The van der Waals surface area contributed by atoms with Crippen molar-refractivity contribution in [2.75, 3.05) is 14.1 Å². The molecule has 0 saturated heterocycles. The van der Waals surface area contributed by atoms with E-state index >= 15 is 0 Å². The van der Waals surface area contributed by atoms with Gasteiger partial charge in [-0.3, -0.25) is 9.69 Å². The van der Waals surface area contributed by atoms with Gasteiger partial charge < -0.3 is 9.55 Å². The van der Waals surface area contributed by atoms with Gasteiger partial charge in [-0.1, -0.05) is 49.0 Å². The van der Waals surface area contributed by atoms with E-state index in [0.717, 1.165) is 32.7 Å². The number of benzene rings is 1. The number of aromatic nitrogens is 5. The second kappa shape index (κ2) is 9.56. The van der Waals surface area contributed by atoms with Crippen molar-refractivity contribution in [2.24, 2.45) is 0 Å². The van der Waals surface area contributed by atoms with E-state index in [9.17, 15) is 4.79 Å². The van der Waals surface area contributed by atoms with E-state index in [-0.39, 0.29) is 11.6 Å². The van der Waals surface area contributed by atoms with Gasteiger partial charge in [-0.25, -0.2) is 4.98 Å². The number of hydrogen-bond donors (Lipinski definition) is 1. The molecule has 1 N–H and O–H groups in total. The van der Waals surface area contributed by atoms with Crippen LogP contribution in [0.3, 0.4) is 0 Å². The lowest BCUT2D eigenvalue weighted by Gasteiger charge is -2.23. The van der Waals surface area contributed by atoms with Gasteiger partial charge in [0.25, 0.3) is 5.56 Å². The molecule has 4 aromatic rings. The Bertz CT molecular complexity index is 1280. The predicted octanol–water partition coefficient (Wildman–Crippen LogP) is 4.55. The Labute approximate surface area is 195 Å². The van der Waals surface area contributed by atoms with Crippen molar-refractivity contribution >= 4 is 33.3 Å². The summed E-state index contributed by atoms with van der Waals surface area (Å²) < 4.78 is 2.18. The topological polar surface area (TPSA) is 79.7 Å². The zero-order valence-electron chi connectivity index (χ0n) is 19.0. The van der Waals surface area contributed by atoms with Crippen LogP contribution in [0.25, 0.3) is 10.2 Å². The number of rotatable bonds is 8. The van der Waals surface area contributed by atoms with Gasteiger partial charge in [-0.2, -0.15) is 0 Å². The van der Waals surface area contributed by atoms with Crippen LogP contribution >= 0.6 is 23.1 Å². The molecule has 0 saturated carbocycles. The molecule has 1 aromatic carbocycles. The highest BCUT2D eigenvalue weighted by molar-refractivity contribution is 7.98. The summed E-state index contributed by atoms with van der Waals surface area (Å²) in [5.74, 6) is 2.13. The van der Waals surface area contributed by atoms with Crippen LogP contribution in [-0.4, -0.2) is 43.7 Å². The Morgan fingerprint density at radius 1 is 1.19 bits per heavy atom. The van der Waals surface area contributed by atoms with Crippen molar-refractivity contribution in [1.29, 1.82) is 0 Å². The number of nitrogens with zero attached hydrogens (tertiary/aromatic N) is 5. The number of fused-ring (bicyclic) bond motifs is 1. The van der Waals surface area contributed by atoms with E-state index in [1.54, 1.807) is 23.1 Å². The maximum absolute atomic E-state index is 12.6. The predicted molar refractivity (Wildman–Crippen MR) is 132 cm³/mol. The number of nitrogens with one attached hydrogen (secondary N) is 1. The van der Waals surface area contributed by atoms with Gasteiger partial charge in [-0.05, 0) is 45.5 Å². The molecule has 0 radical (unpaired) electrons. The summed E-state index contributed by atoms with van der Waals surface area (Å²) in [4.78, 5) is 24.4. The summed E-state index contributed by atoms with van der Waals surface area (Å²) in [7, 11) is 4.13. The molecule has 168 valence electrons. The average molecular weight is 469 g/mol. The molecule has 4 rings (SSSR count). The number of aryl methyl sites for hydroxylation is 2. The van der Waals surface area contributed by atoms with E-state index in [4.69, 9.17) is 4.98 Å². The Morgan fingerprint density at radius 3 is 2.62 bits per heavy atom. The van der Waals surface area contributed by atoms with Crippen LogP contribution in [0.5, 0.6) is 0 Å². The van der Waals surface area contributed by atoms with Crippen molar-refractivity contribution in [1.82, 2.24) is 29.6 Å². The van der Waals surface area contributed by atoms with Crippen molar-refractivity contribution in [3.8, 4) is 0 Å². The van der Waals surface area contributed by atoms with Gasteiger partial charge in [0.15, 0.2) is 11.0 Å². The van der Waals surface area contributed by atoms with Crippen LogP contribution in [0.4, 0.5) is 0 Å². The Hall–Kier alpha value is -2.49. The van der Waals surface area contributed by atoms with E-state index in [0.29, 0.717) is 23.5 Å². The molecular formula is C23H28N6OS2. The number of thiophene rings is 1. The Morgan fingerprint density at radius 2 is 1.94 bits per heavy atom. The van der Waals surface area contributed by atoms with E-state index in [1.807, 2.05) is 32.0 Å². The van der Waals surface area contributed by atoms with Crippen LogP contribution < -0.4 is 5.56 Å². The molecular weight excluding hydrogens is 440 g/mol. The minimum atomic E-state index is -0.0717. The summed E-state index contributed by atoms with van der Waals surface area (Å²) in [6, 6.07) is 10.5. The highest BCUT2D eigenvalue weighted by Crippen LogP contribution is 2.29. The zero-order chi connectivity index (χ0) is 22.8. The van der Waals surface area contributed by atoms with Crippen LogP contribution in [0, 0.1) is 13.8 Å². The van der Waals surface area contributed by atoms with Crippen molar-refractivity contribution in [2.45, 2.75) is 50.7 Å². The summed E-state index contributed by atoms with van der Waals surface area (Å²) in [6.45, 7) is 6.86. The summed E-state index contributed by atoms with van der Waals surface area (Å²) in [6.07, 6.45) is 0.938. The van der Waals surface area contributed by atoms with Crippen molar-refractivity contribution < 1.29 is 0 Å². The van der Waals surface area contributed by atoms with Crippen molar-refractivity contribution in [3.63, 3.8) is 0 Å². The normalized spacial score (nSPS) is 12.7. The maximum atomic E-state index is 12.6. The Balaban J connectivity index is 1.65. The highest BCUT2D eigenvalue weighted by Gasteiger charge is 2.22. The second-order valence-electron chi connectivity index (χ2n) is 8.06. The first-order valence-electron chi connectivity index (χ1n) is 10.6. The van der Waals surface area contributed by atoms with Gasteiger partial charge in [0.2, 0.25) is 0 Å². The minimum Gasteiger partial charge on any atom is -0.309 e. The number of hydrogen-bond acceptors (Lipinski definition) is 7. The fraction of sp³-hybridized carbons (Fsp3) is 0.391. The fourth-order valence-corrected chi connectivity index (χ4v) is 5.71. The van der Waals surface area contributed by atoms with E-state index in [2.05, 4.69) is 57.8 Å². The standard InChI is InChI=1S/C23H28N6OS2/c1-6-17(28(4)5)20-26-27-23(29(20)12-16-10-8-7-9-11-16)31-13-18-24-21(30)19-14(2)15(3)32-22(19)25-18/h7-11,17H,6,12-13H2,1-5H3,(H,24,25,30). The van der Waals surface area contributed by atoms with E-state index in [1.165, 1.54) is 5.56 Å². The number of aromatic amines is 1. The molecule has 0 fully saturated rings. The smallest absolute Gasteiger partial charge is 0.259 e. The molecule has 3 heterocycles. The molecule has 0 aliphatic rings. The molecule has 1 atom stereocenters. The molecule has 7 nitrogen and oxygen atoms in total. The first-order valence-corrected chi connectivity index (χ1v) is 12.4. The summed E-state index contributed by atoms with van der Waals surface area (Å²) >= 11 is 3.12. The molecule has 3 aromatic heterocycles. The van der Waals surface area contributed by atoms with E-state index < -0.39 is 0 Å². The van der Waals surface area contributed by atoms with Crippen LogP contribution in [0.2, 0.25) is 0 Å². The lowest BCUT2D eigenvalue weighted by Crippen LogP contribution is -2.23. The SMILES string of the molecule is CCC(c1nnc(SCc2nc3sc(C)c(C)c3c(=O)[nH]2)n1Cc1ccccc1)N(C)C. The third-order valence-electron chi connectivity index (χ3n) is 5.66. The maximum Gasteiger partial charge on any atom is 0.259 e. The fourth-order valence-electron chi connectivity index (χ4n) is 3.85.